The summed E-state index contributed by atoms with van der Waals surface area (Å²) in [7, 11) is 0. The van der Waals surface area contributed by atoms with E-state index in [0.717, 1.165) is 5.56 Å². The molecular formula is C13H17NO3. The van der Waals surface area contributed by atoms with E-state index in [0.29, 0.717) is 0 Å². The van der Waals surface area contributed by atoms with Gasteiger partial charge in [-0.2, -0.15) is 0 Å². The Morgan fingerprint density at radius 2 is 1.82 bits per heavy atom. The van der Waals surface area contributed by atoms with Crippen LogP contribution in [0.2, 0.25) is 0 Å². The number of carboxylic acid groups (broad SMARTS) is 1. The van der Waals surface area contributed by atoms with E-state index in [1.807, 2.05) is 44.2 Å². The van der Waals surface area contributed by atoms with Gasteiger partial charge in [0.25, 0.3) is 0 Å². The molecule has 0 heterocycles. The van der Waals surface area contributed by atoms with E-state index in [2.05, 4.69) is 5.32 Å². The zero-order valence-corrected chi connectivity index (χ0v) is 10.0. The lowest BCUT2D eigenvalue weighted by molar-refractivity contribution is -0.138. The third-order valence-corrected chi connectivity index (χ3v) is 2.52. The lowest BCUT2D eigenvalue weighted by Crippen LogP contribution is -2.35. The van der Waals surface area contributed by atoms with Gasteiger partial charge in [0.2, 0.25) is 5.91 Å². The highest BCUT2D eigenvalue weighted by molar-refractivity contribution is 5.86. The summed E-state index contributed by atoms with van der Waals surface area (Å²) in [6.07, 6.45) is 0. The fourth-order valence-electron chi connectivity index (χ4n) is 1.77. The third kappa shape index (κ3) is 3.90. The highest BCUT2D eigenvalue weighted by atomic mass is 16.4. The van der Waals surface area contributed by atoms with Gasteiger partial charge in [-0.15, -0.1) is 0 Å². The molecule has 0 radical (unpaired) electrons. The van der Waals surface area contributed by atoms with Crippen molar-refractivity contribution < 1.29 is 14.7 Å². The number of rotatable bonds is 5. The van der Waals surface area contributed by atoms with Crippen molar-refractivity contribution in [3.8, 4) is 0 Å². The predicted molar refractivity (Wildman–Crippen MR) is 64.7 cm³/mol. The van der Waals surface area contributed by atoms with Gasteiger partial charge in [-0.05, 0) is 11.5 Å². The summed E-state index contributed by atoms with van der Waals surface area (Å²) in [6.45, 7) is 3.55. The van der Waals surface area contributed by atoms with E-state index >= 15 is 0 Å². The minimum Gasteiger partial charge on any atom is -0.480 e. The molecule has 0 aromatic heterocycles. The van der Waals surface area contributed by atoms with E-state index in [4.69, 9.17) is 5.11 Å². The first-order valence-electron chi connectivity index (χ1n) is 5.57. The fraction of sp³-hybridized carbons (Fsp3) is 0.385. The molecule has 17 heavy (non-hydrogen) atoms. The lowest BCUT2D eigenvalue weighted by atomic mass is 9.88. The van der Waals surface area contributed by atoms with Crippen LogP contribution in [-0.2, 0) is 9.59 Å². The molecule has 1 aromatic rings. The maximum atomic E-state index is 11.9. The SMILES string of the molecule is CC(C)C(C(=O)NCC(=O)O)c1ccccc1. The average molecular weight is 235 g/mol. The predicted octanol–water partition coefficient (Wildman–Crippen LogP) is 1.63. The van der Waals surface area contributed by atoms with Crippen molar-refractivity contribution in [3.63, 3.8) is 0 Å². The molecule has 1 aromatic carbocycles. The summed E-state index contributed by atoms with van der Waals surface area (Å²) >= 11 is 0. The molecular weight excluding hydrogens is 218 g/mol. The van der Waals surface area contributed by atoms with Gasteiger partial charge in [-0.1, -0.05) is 44.2 Å². The maximum absolute atomic E-state index is 11.9. The molecule has 92 valence electrons. The van der Waals surface area contributed by atoms with Crippen LogP contribution in [0.25, 0.3) is 0 Å². The molecule has 2 N–H and O–H groups in total. The van der Waals surface area contributed by atoms with Gasteiger partial charge in [-0.25, -0.2) is 0 Å². The zero-order chi connectivity index (χ0) is 12.8. The highest BCUT2D eigenvalue weighted by Gasteiger charge is 2.23. The van der Waals surface area contributed by atoms with E-state index < -0.39 is 5.97 Å². The van der Waals surface area contributed by atoms with Gasteiger partial charge >= 0.3 is 5.97 Å². The lowest BCUT2D eigenvalue weighted by Gasteiger charge is -2.20. The van der Waals surface area contributed by atoms with Crippen LogP contribution < -0.4 is 5.32 Å². The molecule has 0 aliphatic heterocycles. The molecule has 0 aliphatic rings. The second-order valence-corrected chi connectivity index (χ2v) is 4.24. The van der Waals surface area contributed by atoms with Crippen LogP contribution in [0.4, 0.5) is 0 Å². The molecule has 1 rings (SSSR count). The number of carbonyl (C=O) groups is 2. The van der Waals surface area contributed by atoms with Crippen LogP contribution in [0.1, 0.15) is 25.3 Å². The van der Waals surface area contributed by atoms with E-state index in [1.165, 1.54) is 0 Å². The first-order chi connectivity index (χ1) is 8.02. The Kier molecular flexibility index (Phi) is 4.69. The monoisotopic (exact) mass is 235 g/mol. The second kappa shape index (κ2) is 6.03. The minimum atomic E-state index is -1.03. The summed E-state index contributed by atoms with van der Waals surface area (Å²) in [6, 6.07) is 9.39. The summed E-state index contributed by atoms with van der Waals surface area (Å²) in [5, 5.41) is 11.0. The zero-order valence-electron chi connectivity index (χ0n) is 10.0. The minimum absolute atomic E-state index is 0.117. The topological polar surface area (TPSA) is 66.4 Å². The molecule has 0 saturated carbocycles. The van der Waals surface area contributed by atoms with Crippen LogP contribution in [-0.4, -0.2) is 23.5 Å². The molecule has 4 heteroatoms. The van der Waals surface area contributed by atoms with Crippen molar-refractivity contribution >= 4 is 11.9 Å². The molecule has 0 bridgehead atoms. The van der Waals surface area contributed by atoms with Crippen LogP contribution in [0.5, 0.6) is 0 Å². The van der Waals surface area contributed by atoms with Crippen molar-refractivity contribution in [2.45, 2.75) is 19.8 Å². The van der Waals surface area contributed by atoms with Crippen molar-refractivity contribution in [1.82, 2.24) is 5.32 Å². The molecule has 1 unspecified atom stereocenters. The number of amides is 1. The van der Waals surface area contributed by atoms with Crippen molar-refractivity contribution in [2.75, 3.05) is 6.54 Å². The van der Waals surface area contributed by atoms with Crippen molar-refractivity contribution in [3.05, 3.63) is 35.9 Å². The first-order valence-corrected chi connectivity index (χ1v) is 5.57. The summed E-state index contributed by atoms with van der Waals surface area (Å²) in [5.41, 5.74) is 0.908. The van der Waals surface area contributed by atoms with E-state index in [-0.39, 0.29) is 24.3 Å². The highest BCUT2D eigenvalue weighted by Crippen LogP contribution is 2.24. The number of hydrogen-bond acceptors (Lipinski definition) is 2. The molecule has 1 amide bonds. The Balaban J connectivity index is 2.80. The quantitative estimate of drug-likeness (QED) is 0.815. The summed E-state index contributed by atoms with van der Waals surface area (Å²) in [4.78, 5) is 22.3. The number of hydrogen-bond donors (Lipinski definition) is 2. The van der Waals surface area contributed by atoms with Crippen LogP contribution in [0.3, 0.4) is 0 Å². The molecule has 0 fully saturated rings. The number of aliphatic carboxylic acids is 1. The molecule has 0 saturated heterocycles. The van der Waals surface area contributed by atoms with Gasteiger partial charge in [0.15, 0.2) is 0 Å². The average Bonchev–Trinajstić information content (AvgIpc) is 2.27. The Labute approximate surface area is 101 Å². The standard InChI is InChI=1S/C13H17NO3/c1-9(2)12(10-6-4-3-5-7-10)13(17)14-8-11(15)16/h3-7,9,12H,8H2,1-2H3,(H,14,17)(H,15,16). The fourth-order valence-corrected chi connectivity index (χ4v) is 1.77. The van der Waals surface area contributed by atoms with Crippen molar-refractivity contribution in [2.24, 2.45) is 5.92 Å². The van der Waals surface area contributed by atoms with Gasteiger partial charge in [-0.3, -0.25) is 9.59 Å². The van der Waals surface area contributed by atoms with Gasteiger partial charge < -0.3 is 10.4 Å². The normalized spacial score (nSPS) is 12.2. The molecule has 1 atom stereocenters. The number of carboxylic acids is 1. The van der Waals surface area contributed by atoms with Crippen LogP contribution >= 0.6 is 0 Å². The Hall–Kier alpha value is -1.84. The van der Waals surface area contributed by atoms with Crippen LogP contribution in [0.15, 0.2) is 30.3 Å². The third-order valence-electron chi connectivity index (χ3n) is 2.52. The Bertz CT molecular complexity index is 387. The molecule has 0 spiro atoms. The van der Waals surface area contributed by atoms with Gasteiger partial charge in [0.05, 0.1) is 5.92 Å². The van der Waals surface area contributed by atoms with Gasteiger partial charge in [0, 0.05) is 0 Å². The Morgan fingerprint density at radius 3 is 2.29 bits per heavy atom. The first kappa shape index (κ1) is 13.2. The number of carbonyl (C=O) groups excluding carboxylic acids is 1. The number of benzene rings is 1. The molecule has 4 nitrogen and oxygen atoms in total. The van der Waals surface area contributed by atoms with E-state index in [1.54, 1.807) is 0 Å². The summed E-state index contributed by atoms with van der Waals surface area (Å²) in [5.74, 6) is -1.47. The van der Waals surface area contributed by atoms with E-state index in [9.17, 15) is 9.59 Å². The smallest absolute Gasteiger partial charge is 0.322 e. The Morgan fingerprint density at radius 1 is 1.24 bits per heavy atom. The number of nitrogens with one attached hydrogen (secondary N) is 1. The second-order valence-electron chi connectivity index (χ2n) is 4.24. The van der Waals surface area contributed by atoms with Crippen LogP contribution in [0, 0.1) is 5.92 Å². The summed E-state index contributed by atoms with van der Waals surface area (Å²) < 4.78 is 0. The van der Waals surface area contributed by atoms with Gasteiger partial charge in [0.1, 0.15) is 6.54 Å². The largest absolute Gasteiger partial charge is 0.480 e. The molecule has 0 aliphatic carbocycles. The maximum Gasteiger partial charge on any atom is 0.322 e. The van der Waals surface area contributed by atoms with Crippen molar-refractivity contribution in [1.29, 1.82) is 0 Å².